The zero-order valence-electron chi connectivity index (χ0n) is 15.7. The Morgan fingerprint density at radius 2 is 1.61 bits per heavy atom. The van der Waals surface area contributed by atoms with Gasteiger partial charge in [-0.3, -0.25) is 4.79 Å². The summed E-state index contributed by atoms with van der Waals surface area (Å²) in [6.07, 6.45) is 1.75. The van der Waals surface area contributed by atoms with Gasteiger partial charge >= 0.3 is 0 Å². The van der Waals surface area contributed by atoms with Crippen molar-refractivity contribution in [3.63, 3.8) is 0 Å². The average Bonchev–Trinajstić information content (AvgIpc) is 3.50. The average molecular weight is 404 g/mol. The van der Waals surface area contributed by atoms with E-state index >= 15 is 0 Å². The number of nitrogens with one attached hydrogen (secondary N) is 2. The van der Waals surface area contributed by atoms with Crippen molar-refractivity contribution in [1.29, 1.82) is 0 Å². The molecule has 150 valence electrons. The third kappa shape index (κ3) is 5.71. The summed E-state index contributed by atoms with van der Waals surface area (Å²) in [5, 5.41) is 2.75. The van der Waals surface area contributed by atoms with E-state index in [-0.39, 0.29) is 16.8 Å². The van der Waals surface area contributed by atoms with Gasteiger partial charge in [0.05, 0.1) is 18.0 Å². The molecule has 0 spiro atoms. The summed E-state index contributed by atoms with van der Waals surface area (Å²) in [7, 11) is -3.51. The van der Waals surface area contributed by atoms with Gasteiger partial charge in [-0.05, 0) is 68.3 Å². The van der Waals surface area contributed by atoms with Crippen LogP contribution in [0.3, 0.4) is 0 Å². The summed E-state index contributed by atoms with van der Waals surface area (Å²) in [6.45, 7) is 3.17. The molecule has 0 unspecified atom stereocenters. The van der Waals surface area contributed by atoms with Gasteiger partial charge in [0.2, 0.25) is 10.0 Å². The van der Waals surface area contributed by atoms with Crippen LogP contribution in [0, 0.1) is 0 Å². The molecule has 8 heteroatoms. The predicted octanol–water partition coefficient (Wildman–Crippen LogP) is 2.33. The monoisotopic (exact) mass is 404 g/mol. The van der Waals surface area contributed by atoms with Gasteiger partial charge < -0.3 is 14.8 Å². The Bertz CT molecular complexity index is 891. The molecule has 7 nitrogen and oxygen atoms in total. The van der Waals surface area contributed by atoms with Crippen LogP contribution in [0.4, 0.5) is 0 Å². The Kier molecular flexibility index (Phi) is 6.53. The number of ether oxygens (including phenoxy) is 2. The minimum atomic E-state index is -3.51. The van der Waals surface area contributed by atoms with Gasteiger partial charge in [0, 0.05) is 11.6 Å². The fraction of sp³-hybridized carbons (Fsp3) is 0.350. The molecule has 1 aliphatic rings. The largest absolute Gasteiger partial charge is 0.494 e. The Hall–Kier alpha value is -2.58. The van der Waals surface area contributed by atoms with Gasteiger partial charge in [0.15, 0.2) is 0 Å². The first-order valence-corrected chi connectivity index (χ1v) is 10.7. The summed E-state index contributed by atoms with van der Waals surface area (Å²) in [4.78, 5) is 12.3. The highest BCUT2D eigenvalue weighted by Gasteiger charge is 2.27. The van der Waals surface area contributed by atoms with Crippen molar-refractivity contribution < 1.29 is 22.7 Å². The molecule has 0 atom stereocenters. The number of carbonyl (C=O) groups is 1. The molecular formula is C20H24N2O5S. The Morgan fingerprint density at radius 3 is 2.18 bits per heavy atom. The summed E-state index contributed by atoms with van der Waals surface area (Å²) >= 11 is 0. The van der Waals surface area contributed by atoms with Crippen LogP contribution in [-0.4, -0.2) is 40.1 Å². The maximum Gasteiger partial charge on any atom is 0.251 e. The maximum atomic E-state index is 12.2. The van der Waals surface area contributed by atoms with Crippen LogP contribution in [0.25, 0.3) is 0 Å². The molecule has 3 rings (SSSR count). The molecule has 1 aliphatic carbocycles. The Balaban J connectivity index is 1.44. The second-order valence-electron chi connectivity index (χ2n) is 6.43. The fourth-order valence-electron chi connectivity index (χ4n) is 2.51. The minimum absolute atomic E-state index is 0.0448. The molecule has 1 amide bonds. The molecule has 0 heterocycles. The molecule has 2 aromatic rings. The highest BCUT2D eigenvalue weighted by atomic mass is 32.2. The van der Waals surface area contributed by atoms with Crippen LogP contribution in [0.1, 0.15) is 30.1 Å². The number of hydrogen-bond donors (Lipinski definition) is 2. The normalized spacial score (nSPS) is 13.8. The quantitative estimate of drug-likeness (QED) is 0.593. The first kappa shape index (κ1) is 20.2. The number of hydrogen-bond acceptors (Lipinski definition) is 5. The molecule has 0 radical (unpaired) electrons. The summed E-state index contributed by atoms with van der Waals surface area (Å²) in [5.74, 6) is 1.19. The van der Waals surface area contributed by atoms with Gasteiger partial charge in [-0.25, -0.2) is 13.1 Å². The number of sulfonamides is 1. The van der Waals surface area contributed by atoms with Crippen molar-refractivity contribution >= 4 is 15.9 Å². The van der Waals surface area contributed by atoms with Gasteiger partial charge in [-0.2, -0.15) is 0 Å². The van der Waals surface area contributed by atoms with Crippen LogP contribution in [0.2, 0.25) is 0 Å². The first-order chi connectivity index (χ1) is 13.5. The standard InChI is InChI=1S/C20H24N2O5S/c1-2-26-17-7-9-18(10-8-17)27-14-13-21-20(23)15-3-11-19(12-4-15)28(24,25)22-16-5-6-16/h3-4,7-12,16,22H,2,5-6,13-14H2,1H3,(H,21,23). The molecule has 0 aromatic heterocycles. The van der Waals surface area contributed by atoms with Gasteiger partial charge in [0.1, 0.15) is 18.1 Å². The zero-order chi connectivity index (χ0) is 20.0. The molecule has 0 bridgehead atoms. The molecular weight excluding hydrogens is 380 g/mol. The predicted molar refractivity (Wildman–Crippen MR) is 105 cm³/mol. The number of amides is 1. The van der Waals surface area contributed by atoms with Crippen molar-refractivity contribution in [2.45, 2.75) is 30.7 Å². The lowest BCUT2D eigenvalue weighted by atomic mass is 10.2. The number of rotatable bonds is 10. The van der Waals surface area contributed by atoms with E-state index in [0.717, 1.165) is 18.6 Å². The van der Waals surface area contributed by atoms with Crippen molar-refractivity contribution in [2.24, 2.45) is 0 Å². The van der Waals surface area contributed by atoms with Crippen LogP contribution in [-0.2, 0) is 10.0 Å². The van der Waals surface area contributed by atoms with E-state index in [1.165, 1.54) is 24.3 Å². The van der Waals surface area contributed by atoms with Gasteiger partial charge in [-0.15, -0.1) is 0 Å². The van der Waals surface area contributed by atoms with Crippen molar-refractivity contribution in [1.82, 2.24) is 10.0 Å². The molecule has 0 aliphatic heterocycles. The zero-order valence-corrected chi connectivity index (χ0v) is 16.5. The Morgan fingerprint density at radius 1 is 1.00 bits per heavy atom. The van der Waals surface area contributed by atoms with E-state index in [1.807, 2.05) is 31.2 Å². The van der Waals surface area contributed by atoms with Gasteiger partial charge in [0.25, 0.3) is 5.91 Å². The second-order valence-corrected chi connectivity index (χ2v) is 8.14. The molecule has 28 heavy (non-hydrogen) atoms. The van der Waals surface area contributed by atoms with E-state index in [2.05, 4.69) is 10.0 Å². The van der Waals surface area contributed by atoms with Crippen LogP contribution < -0.4 is 19.5 Å². The molecule has 1 fully saturated rings. The highest BCUT2D eigenvalue weighted by molar-refractivity contribution is 7.89. The summed E-state index contributed by atoms with van der Waals surface area (Å²) in [6, 6.07) is 13.2. The van der Waals surface area contributed by atoms with E-state index in [4.69, 9.17) is 9.47 Å². The summed E-state index contributed by atoms with van der Waals surface area (Å²) in [5.41, 5.74) is 0.395. The highest BCUT2D eigenvalue weighted by Crippen LogP contribution is 2.22. The van der Waals surface area contributed by atoms with Crippen molar-refractivity contribution in [3.05, 3.63) is 54.1 Å². The minimum Gasteiger partial charge on any atom is -0.494 e. The number of carbonyl (C=O) groups excluding carboxylic acids is 1. The smallest absolute Gasteiger partial charge is 0.251 e. The lowest BCUT2D eigenvalue weighted by Gasteiger charge is -2.09. The number of benzene rings is 2. The molecule has 2 N–H and O–H groups in total. The Labute approximate surface area is 165 Å². The third-order valence-electron chi connectivity index (χ3n) is 4.12. The van der Waals surface area contributed by atoms with Gasteiger partial charge in [-0.1, -0.05) is 0 Å². The lowest BCUT2D eigenvalue weighted by molar-refractivity contribution is 0.0947. The fourth-order valence-corrected chi connectivity index (χ4v) is 3.81. The summed E-state index contributed by atoms with van der Waals surface area (Å²) < 4.78 is 37.8. The topological polar surface area (TPSA) is 93.7 Å². The van der Waals surface area contributed by atoms with E-state index in [0.29, 0.717) is 31.1 Å². The first-order valence-electron chi connectivity index (χ1n) is 9.24. The second kappa shape index (κ2) is 9.07. The molecule has 2 aromatic carbocycles. The van der Waals surface area contributed by atoms with Crippen molar-refractivity contribution in [2.75, 3.05) is 19.8 Å². The van der Waals surface area contributed by atoms with Crippen LogP contribution >= 0.6 is 0 Å². The third-order valence-corrected chi connectivity index (χ3v) is 5.65. The van der Waals surface area contributed by atoms with E-state index in [9.17, 15) is 13.2 Å². The van der Waals surface area contributed by atoms with E-state index in [1.54, 1.807) is 0 Å². The lowest BCUT2D eigenvalue weighted by Crippen LogP contribution is -2.28. The van der Waals surface area contributed by atoms with Crippen molar-refractivity contribution in [3.8, 4) is 11.5 Å². The van der Waals surface area contributed by atoms with Crippen LogP contribution in [0.15, 0.2) is 53.4 Å². The van der Waals surface area contributed by atoms with Crippen LogP contribution in [0.5, 0.6) is 11.5 Å². The molecule has 1 saturated carbocycles. The van der Waals surface area contributed by atoms with E-state index < -0.39 is 10.0 Å². The molecule has 0 saturated heterocycles. The maximum absolute atomic E-state index is 12.2. The SMILES string of the molecule is CCOc1ccc(OCCNC(=O)c2ccc(S(=O)(=O)NC3CC3)cc2)cc1.